The van der Waals surface area contributed by atoms with Crippen LogP contribution in [0.15, 0.2) is 42.5 Å². The molecule has 0 aliphatic heterocycles. The molecule has 2 aromatic carbocycles. The van der Waals surface area contributed by atoms with Crippen molar-refractivity contribution in [1.29, 1.82) is 0 Å². The van der Waals surface area contributed by atoms with Crippen LogP contribution in [0.1, 0.15) is 25.0 Å². The number of ether oxygens (including phenoxy) is 2. The third kappa shape index (κ3) is 5.68. The van der Waals surface area contributed by atoms with Gasteiger partial charge in [-0.15, -0.1) is 0 Å². The summed E-state index contributed by atoms with van der Waals surface area (Å²) in [5.41, 5.74) is 1.48. The Hall–Kier alpha value is -2.64. The molecule has 2 rings (SSSR count). The fraction of sp³-hybridized carbons (Fsp3) is 0.429. The standard InChI is InChI=1S/C21H29N3O4/c1-21(2,23(3)4)15-22-13-17-11-19(27-5)20(12-18(17)24(25)26)28-14-16-9-7-6-8-10-16/h6-12,22H,13-15H2,1-5H3. The first-order chi connectivity index (χ1) is 13.2. The van der Waals surface area contributed by atoms with Gasteiger partial charge in [0, 0.05) is 24.2 Å². The van der Waals surface area contributed by atoms with Crippen molar-refractivity contribution in [3.05, 3.63) is 63.7 Å². The predicted octanol–water partition coefficient (Wildman–Crippen LogP) is 3.61. The highest BCUT2D eigenvalue weighted by Crippen LogP contribution is 2.35. The minimum absolute atomic E-state index is 0.0130. The molecule has 0 spiro atoms. The van der Waals surface area contributed by atoms with Crippen LogP contribution in [-0.4, -0.2) is 43.1 Å². The number of rotatable bonds is 10. The lowest BCUT2D eigenvalue weighted by Gasteiger charge is -2.32. The van der Waals surface area contributed by atoms with E-state index in [2.05, 4.69) is 24.1 Å². The summed E-state index contributed by atoms with van der Waals surface area (Å²) in [5.74, 6) is 0.834. The van der Waals surface area contributed by atoms with Gasteiger partial charge in [-0.3, -0.25) is 10.1 Å². The molecule has 7 nitrogen and oxygen atoms in total. The Kier molecular flexibility index (Phi) is 7.37. The van der Waals surface area contributed by atoms with Gasteiger partial charge in [0.1, 0.15) is 6.61 Å². The number of nitrogens with zero attached hydrogens (tertiary/aromatic N) is 2. The number of nitro benzene ring substituents is 1. The molecular weight excluding hydrogens is 358 g/mol. The van der Waals surface area contributed by atoms with Crippen LogP contribution in [0.5, 0.6) is 11.5 Å². The zero-order chi connectivity index (χ0) is 20.7. The number of nitro groups is 1. The van der Waals surface area contributed by atoms with Gasteiger partial charge < -0.3 is 19.7 Å². The topological polar surface area (TPSA) is 76.9 Å². The molecule has 7 heteroatoms. The van der Waals surface area contributed by atoms with Gasteiger partial charge in [0.2, 0.25) is 0 Å². The first-order valence-electron chi connectivity index (χ1n) is 9.15. The summed E-state index contributed by atoms with van der Waals surface area (Å²) in [7, 11) is 5.54. The van der Waals surface area contributed by atoms with Crippen molar-refractivity contribution in [2.75, 3.05) is 27.7 Å². The fourth-order valence-corrected chi connectivity index (χ4v) is 2.57. The van der Waals surface area contributed by atoms with Gasteiger partial charge in [0.05, 0.1) is 18.1 Å². The number of nitrogens with one attached hydrogen (secondary N) is 1. The van der Waals surface area contributed by atoms with Crippen LogP contribution >= 0.6 is 0 Å². The second kappa shape index (κ2) is 9.52. The van der Waals surface area contributed by atoms with E-state index >= 15 is 0 Å². The van der Waals surface area contributed by atoms with Crippen LogP contribution < -0.4 is 14.8 Å². The minimum Gasteiger partial charge on any atom is -0.493 e. The zero-order valence-electron chi connectivity index (χ0n) is 17.2. The van der Waals surface area contributed by atoms with E-state index in [4.69, 9.17) is 9.47 Å². The van der Waals surface area contributed by atoms with E-state index < -0.39 is 0 Å². The summed E-state index contributed by atoms with van der Waals surface area (Å²) in [4.78, 5) is 13.3. The van der Waals surface area contributed by atoms with Crippen LogP contribution in [0.25, 0.3) is 0 Å². The number of hydrogen-bond acceptors (Lipinski definition) is 6. The first kappa shape index (κ1) is 21.7. The molecule has 0 fully saturated rings. The minimum atomic E-state index is -0.386. The molecular formula is C21H29N3O4. The molecule has 0 saturated heterocycles. The van der Waals surface area contributed by atoms with Crippen molar-refractivity contribution in [1.82, 2.24) is 10.2 Å². The summed E-state index contributed by atoms with van der Waals surface area (Å²) in [6.45, 7) is 5.57. The van der Waals surface area contributed by atoms with Crippen molar-refractivity contribution in [2.24, 2.45) is 0 Å². The highest BCUT2D eigenvalue weighted by molar-refractivity contribution is 5.54. The lowest BCUT2D eigenvalue weighted by Crippen LogP contribution is -2.46. The monoisotopic (exact) mass is 387 g/mol. The molecule has 0 aliphatic carbocycles. The maximum absolute atomic E-state index is 11.6. The molecule has 0 unspecified atom stereocenters. The maximum atomic E-state index is 11.6. The Bertz CT molecular complexity index is 792. The van der Waals surface area contributed by atoms with Crippen LogP contribution in [0.2, 0.25) is 0 Å². The molecule has 28 heavy (non-hydrogen) atoms. The summed E-state index contributed by atoms with van der Waals surface area (Å²) in [6, 6.07) is 12.8. The molecule has 1 N–H and O–H groups in total. The van der Waals surface area contributed by atoms with Gasteiger partial charge in [-0.2, -0.15) is 0 Å². The SMILES string of the molecule is COc1cc(CNCC(C)(C)N(C)C)c([N+](=O)[O-])cc1OCc1ccccc1. The Labute approximate surface area is 166 Å². The van der Waals surface area contributed by atoms with Gasteiger partial charge >= 0.3 is 0 Å². The largest absolute Gasteiger partial charge is 0.493 e. The number of hydrogen-bond donors (Lipinski definition) is 1. The predicted molar refractivity (Wildman–Crippen MR) is 110 cm³/mol. The number of likely N-dealkylation sites (N-methyl/N-ethyl adjacent to an activating group) is 1. The highest BCUT2D eigenvalue weighted by Gasteiger charge is 2.22. The molecule has 0 atom stereocenters. The van der Waals surface area contributed by atoms with Gasteiger partial charge in [0.15, 0.2) is 11.5 Å². The van der Waals surface area contributed by atoms with Crippen molar-refractivity contribution in [3.63, 3.8) is 0 Å². The lowest BCUT2D eigenvalue weighted by atomic mass is 10.0. The van der Waals surface area contributed by atoms with E-state index in [1.54, 1.807) is 6.07 Å². The van der Waals surface area contributed by atoms with Crippen LogP contribution in [0, 0.1) is 10.1 Å². The Morgan fingerprint density at radius 2 is 1.82 bits per heavy atom. The summed E-state index contributed by atoms with van der Waals surface area (Å²) < 4.78 is 11.2. The first-order valence-corrected chi connectivity index (χ1v) is 9.15. The molecule has 0 amide bonds. The second-order valence-corrected chi connectivity index (χ2v) is 7.47. The van der Waals surface area contributed by atoms with E-state index in [-0.39, 0.29) is 16.1 Å². The van der Waals surface area contributed by atoms with Crippen molar-refractivity contribution in [3.8, 4) is 11.5 Å². The molecule has 0 heterocycles. The molecule has 0 bridgehead atoms. The van der Waals surface area contributed by atoms with Gasteiger partial charge in [0.25, 0.3) is 5.69 Å². The normalized spacial score (nSPS) is 11.5. The zero-order valence-corrected chi connectivity index (χ0v) is 17.2. The number of methoxy groups -OCH3 is 1. The van der Waals surface area contributed by atoms with Gasteiger partial charge in [-0.1, -0.05) is 30.3 Å². The average Bonchev–Trinajstić information content (AvgIpc) is 2.66. The van der Waals surface area contributed by atoms with E-state index in [9.17, 15) is 10.1 Å². The summed E-state index contributed by atoms with van der Waals surface area (Å²) in [5, 5.41) is 14.9. The van der Waals surface area contributed by atoms with Gasteiger partial charge in [-0.05, 0) is 39.6 Å². The van der Waals surface area contributed by atoms with E-state index in [1.807, 2.05) is 44.4 Å². The van der Waals surface area contributed by atoms with Crippen molar-refractivity contribution >= 4 is 5.69 Å². The second-order valence-electron chi connectivity index (χ2n) is 7.47. The summed E-state index contributed by atoms with van der Waals surface area (Å²) in [6.07, 6.45) is 0. The third-order valence-electron chi connectivity index (χ3n) is 4.88. The molecule has 0 aromatic heterocycles. The number of benzene rings is 2. The van der Waals surface area contributed by atoms with Gasteiger partial charge in [-0.25, -0.2) is 0 Å². The van der Waals surface area contributed by atoms with Crippen molar-refractivity contribution < 1.29 is 14.4 Å². The molecule has 152 valence electrons. The van der Waals surface area contributed by atoms with E-state index in [0.29, 0.717) is 36.8 Å². The molecule has 0 saturated carbocycles. The lowest BCUT2D eigenvalue weighted by molar-refractivity contribution is -0.385. The third-order valence-corrected chi connectivity index (χ3v) is 4.88. The highest BCUT2D eigenvalue weighted by atomic mass is 16.6. The van der Waals surface area contributed by atoms with Crippen LogP contribution in [-0.2, 0) is 13.2 Å². The Balaban J connectivity index is 2.18. The quantitative estimate of drug-likeness (QED) is 0.496. The summed E-state index contributed by atoms with van der Waals surface area (Å²) >= 11 is 0. The van der Waals surface area contributed by atoms with E-state index in [1.165, 1.54) is 13.2 Å². The Morgan fingerprint density at radius 1 is 1.14 bits per heavy atom. The van der Waals surface area contributed by atoms with Crippen molar-refractivity contribution in [2.45, 2.75) is 32.5 Å². The Morgan fingerprint density at radius 3 is 2.39 bits per heavy atom. The maximum Gasteiger partial charge on any atom is 0.277 e. The molecule has 2 aromatic rings. The fourth-order valence-electron chi connectivity index (χ4n) is 2.57. The van der Waals surface area contributed by atoms with Crippen LogP contribution in [0.4, 0.5) is 5.69 Å². The molecule has 0 aliphatic rings. The van der Waals surface area contributed by atoms with E-state index in [0.717, 1.165) is 5.56 Å². The molecule has 0 radical (unpaired) electrons. The smallest absolute Gasteiger partial charge is 0.277 e. The average molecular weight is 387 g/mol. The van der Waals surface area contributed by atoms with Crippen LogP contribution in [0.3, 0.4) is 0 Å².